The molecule has 3 N–H and O–H groups in total. The summed E-state index contributed by atoms with van der Waals surface area (Å²) in [4.78, 5) is 23.5. The number of benzene rings is 1. The maximum Gasteiger partial charge on any atom is 0.317 e. The lowest BCUT2D eigenvalue weighted by Crippen LogP contribution is -2.30. The molecule has 1 aromatic carbocycles. The molecule has 0 unspecified atom stereocenters. The molecule has 0 radical (unpaired) electrons. The van der Waals surface area contributed by atoms with Crippen LogP contribution in [0.4, 0.5) is 0 Å². The number of nitrogens with two attached hydrogens (primary N) is 1. The van der Waals surface area contributed by atoms with Crippen molar-refractivity contribution in [1.29, 1.82) is 0 Å². The van der Waals surface area contributed by atoms with Crippen LogP contribution in [-0.4, -0.2) is 35.0 Å². The number of amides is 1. The van der Waals surface area contributed by atoms with Gasteiger partial charge in [-0.2, -0.15) is 0 Å². The van der Waals surface area contributed by atoms with E-state index in [0.29, 0.717) is 12.1 Å². The molecule has 1 amide bonds. The van der Waals surface area contributed by atoms with Crippen LogP contribution in [0, 0.1) is 0 Å². The van der Waals surface area contributed by atoms with Gasteiger partial charge in [0.15, 0.2) is 0 Å². The number of hydrogen-bond acceptors (Lipinski definition) is 3. The maximum atomic E-state index is 10.9. The Kier molecular flexibility index (Phi) is 5.32. The number of carboxylic acid groups (broad SMARTS) is 1. The molecule has 0 fully saturated rings. The first kappa shape index (κ1) is 14.2. The minimum absolute atomic E-state index is 0.0193. The van der Waals surface area contributed by atoms with Crippen LogP contribution < -0.4 is 5.73 Å². The van der Waals surface area contributed by atoms with E-state index < -0.39 is 11.9 Å². The lowest BCUT2D eigenvalue weighted by atomic mass is 10.1. The molecule has 0 atom stereocenters. The Hall–Kier alpha value is -1.88. The Balaban J connectivity index is 2.68. The van der Waals surface area contributed by atoms with E-state index in [1.54, 1.807) is 24.3 Å². The molecule has 0 aromatic heterocycles. The maximum absolute atomic E-state index is 10.9. The molecule has 0 spiro atoms. The zero-order chi connectivity index (χ0) is 13.5. The fraction of sp³-hybridized carbons (Fsp3) is 0.385. The van der Waals surface area contributed by atoms with Gasteiger partial charge in [0.05, 0.1) is 6.54 Å². The molecule has 0 saturated carbocycles. The van der Waals surface area contributed by atoms with Crippen LogP contribution in [0.5, 0.6) is 0 Å². The minimum atomic E-state index is -0.836. The number of aliphatic carboxylic acids is 1. The zero-order valence-electron chi connectivity index (χ0n) is 10.4. The molecular weight excluding hydrogens is 232 g/mol. The molecule has 0 aliphatic heterocycles. The third-order valence-corrected chi connectivity index (χ3v) is 2.54. The average molecular weight is 250 g/mol. The Labute approximate surface area is 106 Å². The summed E-state index contributed by atoms with van der Waals surface area (Å²) < 4.78 is 0. The standard InChI is InChI=1S/C13H18N2O3/c1-2-7-15(9-12(16)17)8-10-3-5-11(6-4-10)13(14)18/h3-6H,2,7-9H2,1H3,(H2,14,18)(H,16,17). The van der Waals surface area contributed by atoms with Crippen molar-refractivity contribution in [1.82, 2.24) is 4.90 Å². The van der Waals surface area contributed by atoms with Crippen LogP contribution in [0.3, 0.4) is 0 Å². The average Bonchev–Trinajstić information content (AvgIpc) is 2.29. The fourth-order valence-electron chi connectivity index (χ4n) is 1.75. The van der Waals surface area contributed by atoms with Crippen molar-refractivity contribution < 1.29 is 14.7 Å². The first-order valence-electron chi connectivity index (χ1n) is 5.85. The predicted molar refractivity (Wildman–Crippen MR) is 68.2 cm³/mol. The topological polar surface area (TPSA) is 83.6 Å². The van der Waals surface area contributed by atoms with Crippen molar-refractivity contribution in [2.75, 3.05) is 13.1 Å². The molecule has 1 rings (SSSR count). The molecule has 0 bridgehead atoms. The van der Waals surface area contributed by atoms with Gasteiger partial charge in [0.25, 0.3) is 0 Å². The first-order valence-corrected chi connectivity index (χ1v) is 5.85. The minimum Gasteiger partial charge on any atom is -0.480 e. The van der Waals surface area contributed by atoms with Gasteiger partial charge in [-0.1, -0.05) is 19.1 Å². The summed E-state index contributed by atoms with van der Waals surface area (Å²) in [5, 5.41) is 8.80. The monoisotopic (exact) mass is 250 g/mol. The SMILES string of the molecule is CCCN(CC(=O)O)Cc1ccc(C(N)=O)cc1. The van der Waals surface area contributed by atoms with Crippen LogP contribution in [0.15, 0.2) is 24.3 Å². The van der Waals surface area contributed by atoms with Gasteiger partial charge < -0.3 is 10.8 Å². The Morgan fingerprint density at radius 3 is 2.33 bits per heavy atom. The number of nitrogens with zero attached hydrogens (tertiary/aromatic N) is 1. The van der Waals surface area contributed by atoms with E-state index in [0.717, 1.165) is 18.5 Å². The number of hydrogen-bond donors (Lipinski definition) is 2. The van der Waals surface area contributed by atoms with Crippen LogP contribution >= 0.6 is 0 Å². The number of primary amides is 1. The normalized spacial score (nSPS) is 10.6. The Morgan fingerprint density at radius 1 is 1.28 bits per heavy atom. The van der Waals surface area contributed by atoms with Crippen molar-refractivity contribution in [3.63, 3.8) is 0 Å². The number of carboxylic acids is 1. The van der Waals surface area contributed by atoms with E-state index in [-0.39, 0.29) is 6.54 Å². The second kappa shape index (κ2) is 6.76. The highest BCUT2D eigenvalue weighted by Gasteiger charge is 2.09. The molecule has 0 aliphatic carbocycles. The van der Waals surface area contributed by atoms with Gasteiger partial charge in [0.1, 0.15) is 0 Å². The van der Waals surface area contributed by atoms with E-state index in [4.69, 9.17) is 10.8 Å². The predicted octanol–water partition coefficient (Wildman–Crippen LogP) is 1.08. The number of carbonyl (C=O) groups excluding carboxylic acids is 1. The summed E-state index contributed by atoms with van der Waals surface area (Å²) in [6.45, 7) is 3.31. The highest BCUT2D eigenvalue weighted by atomic mass is 16.4. The lowest BCUT2D eigenvalue weighted by molar-refractivity contribution is -0.138. The third-order valence-electron chi connectivity index (χ3n) is 2.54. The quantitative estimate of drug-likeness (QED) is 0.758. The Morgan fingerprint density at radius 2 is 1.89 bits per heavy atom. The van der Waals surface area contributed by atoms with E-state index in [1.807, 2.05) is 11.8 Å². The van der Waals surface area contributed by atoms with Crippen LogP contribution in [0.25, 0.3) is 0 Å². The van der Waals surface area contributed by atoms with Crippen molar-refractivity contribution in [3.8, 4) is 0 Å². The zero-order valence-corrected chi connectivity index (χ0v) is 10.4. The van der Waals surface area contributed by atoms with Gasteiger partial charge >= 0.3 is 5.97 Å². The second-order valence-corrected chi connectivity index (χ2v) is 4.17. The first-order chi connectivity index (χ1) is 8.52. The van der Waals surface area contributed by atoms with E-state index in [1.165, 1.54) is 0 Å². The van der Waals surface area contributed by atoms with Gasteiger partial charge in [-0.05, 0) is 30.7 Å². The highest BCUT2D eigenvalue weighted by Crippen LogP contribution is 2.07. The lowest BCUT2D eigenvalue weighted by Gasteiger charge is -2.19. The molecule has 5 heteroatoms. The molecule has 0 saturated heterocycles. The fourth-order valence-corrected chi connectivity index (χ4v) is 1.75. The van der Waals surface area contributed by atoms with E-state index in [2.05, 4.69) is 0 Å². The molecule has 5 nitrogen and oxygen atoms in total. The van der Waals surface area contributed by atoms with Gasteiger partial charge in [0, 0.05) is 12.1 Å². The van der Waals surface area contributed by atoms with Gasteiger partial charge in [-0.3, -0.25) is 14.5 Å². The molecule has 18 heavy (non-hydrogen) atoms. The van der Waals surface area contributed by atoms with Gasteiger partial charge in [-0.15, -0.1) is 0 Å². The van der Waals surface area contributed by atoms with Crippen molar-refractivity contribution in [2.45, 2.75) is 19.9 Å². The van der Waals surface area contributed by atoms with Crippen LogP contribution in [-0.2, 0) is 11.3 Å². The third kappa shape index (κ3) is 4.55. The summed E-state index contributed by atoms with van der Waals surface area (Å²) in [5.74, 6) is -1.30. The van der Waals surface area contributed by atoms with Gasteiger partial charge in [0.2, 0.25) is 5.91 Å². The summed E-state index contributed by atoms with van der Waals surface area (Å²) in [6.07, 6.45) is 0.895. The largest absolute Gasteiger partial charge is 0.480 e. The smallest absolute Gasteiger partial charge is 0.317 e. The summed E-state index contributed by atoms with van der Waals surface area (Å²) in [7, 11) is 0. The second-order valence-electron chi connectivity index (χ2n) is 4.17. The molecule has 98 valence electrons. The molecule has 0 aliphatic rings. The number of rotatable bonds is 7. The van der Waals surface area contributed by atoms with E-state index in [9.17, 15) is 9.59 Å². The summed E-state index contributed by atoms with van der Waals surface area (Å²) in [6, 6.07) is 6.90. The molecule has 0 heterocycles. The van der Waals surface area contributed by atoms with Crippen LogP contribution in [0.1, 0.15) is 29.3 Å². The molecular formula is C13H18N2O3. The summed E-state index contributed by atoms with van der Waals surface area (Å²) in [5.41, 5.74) is 6.58. The van der Waals surface area contributed by atoms with Crippen molar-refractivity contribution in [3.05, 3.63) is 35.4 Å². The van der Waals surface area contributed by atoms with Gasteiger partial charge in [-0.25, -0.2) is 0 Å². The number of carbonyl (C=O) groups is 2. The summed E-state index contributed by atoms with van der Waals surface area (Å²) >= 11 is 0. The van der Waals surface area contributed by atoms with Crippen molar-refractivity contribution in [2.24, 2.45) is 5.73 Å². The Bertz CT molecular complexity index is 415. The highest BCUT2D eigenvalue weighted by molar-refractivity contribution is 5.92. The van der Waals surface area contributed by atoms with Crippen molar-refractivity contribution >= 4 is 11.9 Å². The van der Waals surface area contributed by atoms with Crippen LogP contribution in [0.2, 0.25) is 0 Å². The molecule has 1 aromatic rings. The van der Waals surface area contributed by atoms with E-state index >= 15 is 0 Å².